The predicted octanol–water partition coefficient (Wildman–Crippen LogP) is 1.20. The van der Waals surface area contributed by atoms with E-state index in [1.54, 1.807) is 12.1 Å². The molecule has 0 bridgehead atoms. The number of halogens is 1. The molecule has 0 aliphatic carbocycles. The minimum atomic E-state index is -3.22. The Morgan fingerprint density at radius 2 is 2.24 bits per heavy atom. The summed E-state index contributed by atoms with van der Waals surface area (Å²) < 4.78 is 25.5. The SMILES string of the molecule is NCC1CCN(Cc2cccc(Cl)c2)S1(=O)=O. The molecule has 0 spiro atoms. The summed E-state index contributed by atoms with van der Waals surface area (Å²) in [6, 6.07) is 7.25. The van der Waals surface area contributed by atoms with Gasteiger partial charge in [0.1, 0.15) is 0 Å². The molecule has 2 rings (SSSR count). The first-order valence-electron chi connectivity index (χ1n) is 5.47. The molecule has 1 saturated heterocycles. The fraction of sp³-hybridized carbons (Fsp3) is 0.455. The monoisotopic (exact) mass is 274 g/mol. The number of hydrogen-bond donors (Lipinski definition) is 1. The van der Waals surface area contributed by atoms with Crippen molar-refractivity contribution >= 4 is 21.6 Å². The summed E-state index contributed by atoms with van der Waals surface area (Å²) in [6.45, 7) is 1.10. The molecule has 2 N–H and O–H groups in total. The van der Waals surface area contributed by atoms with Crippen LogP contribution in [0.15, 0.2) is 24.3 Å². The Balaban J connectivity index is 2.16. The molecule has 17 heavy (non-hydrogen) atoms. The van der Waals surface area contributed by atoms with E-state index in [0.29, 0.717) is 24.5 Å². The van der Waals surface area contributed by atoms with Crippen LogP contribution in [0.3, 0.4) is 0 Å². The van der Waals surface area contributed by atoms with Crippen LogP contribution in [0.5, 0.6) is 0 Å². The molecule has 94 valence electrons. The smallest absolute Gasteiger partial charge is 0.218 e. The molecule has 1 aliphatic rings. The molecule has 1 aromatic rings. The second-order valence-corrected chi connectivity index (χ2v) is 6.80. The van der Waals surface area contributed by atoms with Crippen LogP contribution in [0.2, 0.25) is 5.02 Å². The van der Waals surface area contributed by atoms with E-state index in [0.717, 1.165) is 5.56 Å². The van der Waals surface area contributed by atoms with Gasteiger partial charge in [0.25, 0.3) is 0 Å². The summed E-state index contributed by atoms with van der Waals surface area (Å²) >= 11 is 5.87. The zero-order valence-corrected chi connectivity index (χ0v) is 10.9. The van der Waals surface area contributed by atoms with Crippen molar-refractivity contribution in [1.29, 1.82) is 0 Å². The molecule has 1 heterocycles. The highest BCUT2D eigenvalue weighted by molar-refractivity contribution is 7.90. The molecule has 0 amide bonds. The van der Waals surface area contributed by atoms with E-state index in [2.05, 4.69) is 0 Å². The number of rotatable bonds is 3. The Morgan fingerprint density at radius 3 is 2.82 bits per heavy atom. The van der Waals surface area contributed by atoms with E-state index in [9.17, 15) is 8.42 Å². The van der Waals surface area contributed by atoms with E-state index in [-0.39, 0.29) is 6.54 Å². The van der Waals surface area contributed by atoms with E-state index in [1.807, 2.05) is 12.1 Å². The lowest BCUT2D eigenvalue weighted by atomic mass is 10.2. The number of benzene rings is 1. The Kier molecular flexibility index (Phi) is 3.73. The molecule has 4 nitrogen and oxygen atoms in total. The lowest BCUT2D eigenvalue weighted by molar-refractivity contribution is 0.440. The van der Waals surface area contributed by atoms with Crippen molar-refractivity contribution in [2.24, 2.45) is 5.73 Å². The second-order valence-electron chi connectivity index (χ2n) is 4.15. The molecule has 1 aromatic carbocycles. The summed E-state index contributed by atoms with van der Waals surface area (Å²) in [5, 5.41) is 0.191. The topological polar surface area (TPSA) is 63.4 Å². The molecule has 1 aliphatic heterocycles. The van der Waals surface area contributed by atoms with Gasteiger partial charge >= 0.3 is 0 Å². The van der Waals surface area contributed by atoms with Crippen LogP contribution in [0.4, 0.5) is 0 Å². The van der Waals surface area contributed by atoms with Crippen LogP contribution in [0.1, 0.15) is 12.0 Å². The van der Waals surface area contributed by atoms with Crippen LogP contribution < -0.4 is 5.73 Å². The van der Waals surface area contributed by atoms with Gasteiger partial charge < -0.3 is 5.73 Å². The van der Waals surface area contributed by atoms with Crippen molar-refractivity contribution in [3.05, 3.63) is 34.9 Å². The van der Waals surface area contributed by atoms with Gasteiger partial charge in [-0.1, -0.05) is 23.7 Å². The normalized spacial score (nSPS) is 24.0. The van der Waals surface area contributed by atoms with Crippen LogP contribution in [0.25, 0.3) is 0 Å². The summed E-state index contributed by atoms with van der Waals surface area (Å²) in [7, 11) is -3.22. The zero-order valence-electron chi connectivity index (χ0n) is 9.34. The minimum Gasteiger partial charge on any atom is -0.329 e. The van der Waals surface area contributed by atoms with Crippen molar-refractivity contribution in [3.63, 3.8) is 0 Å². The van der Waals surface area contributed by atoms with E-state index in [4.69, 9.17) is 17.3 Å². The lowest BCUT2D eigenvalue weighted by Crippen LogP contribution is -2.32. The van der Waals surface area contributed by atoms with Crippen molar-refractivity contribution in [2.45, 2.75) is 18.2 Å². The summed E-state index contributed by atoms with van der Waals surface area (Å²) in [5.74, 6) is 0. The van der Waals surface area contributed by atoms with E-state index >= 15 is 0 Å². The fourth-order valence-corrected chi connectivity index (χ4v) is 3.99. The number of hydrogen-bond acceptors (Lipinski definition) is 3. The Hall–Kier alpha value is -0.620. The average molecular weight is 275 g/mol. The third-order valence-electron chi connectivity index (χ3n) is 2.99. The van der Waals surface area contributed by atoms with Gasteiger partial charge in [-0.25, -0.2) is 8.42 Å². The largest absolute Gasteiger partial charge is 0.329 e. The summed E-state index contributed by atoms with van der Waals surface area (Å²) in [6.07, 6.45) is 0.611. The molecule has 6 heteroatoms. The van der Waals surface area contributed by atoms with Crippen LogP contribution in [-0.2, 0) is 16.6 Å². The predicted molar refractivity (Wildman–Crippen MR) is 68.2 cm³/mol. The Morgan fingerprint density at radius 1 is 1.47 bits per heavy atom. The molecular formula is C11H15ClN2O2S. The maximum Gasteiger partial charge on any atom is 0.218 e. The first-order valence-corrected chi connectivity index (χ1v) is 7.35. The molecule has 0 aromatic heterocycles. The highest BCUT2D eigenvalue weighted by Gasteiger charge is 2.37. The summed E-state index contributed by atoms with van der Waals surface area (Å²) in [4.78, 5) is 0. The first kappa shape index (κ1) is 12.8. The van der Waals surface area contributed by atoms with Gasteiger partial charge in [-0.05, 0) is 24.1 Å². The highest BCUT2D eigenvalue weighted by atomic mass is 35.5. The van der Waals surface area contributed by atoms with E-state index in [1.165, 1.54) is 4.31 Å². The Bertz CT molecular complexity index is 504. The Labute approximate surface area is 106 Å². The third-order valence-corrected chi connectivity index (χ3v) is 5.53. The molecule has 1 atom stereocenters. The van der Waals surface area contributed by atoms with Crippen molar-refractivity contribution < 1.29 is 8.42 Å². The van der Waals surface area contributed by atoms with Gasteiger partial charge in [0.15, 0.2) is 0 Å². The average Bonchev–Trinajstić information content (AvgIpc) is 2.54. The maximum absolute atomic E-state index is 12.0. The standard InChI is InChI=1S/C11H15ClN2O2S/c12-10-3-1-2-9(6-10)8-14-5-4-11(7-13)17(14,15)16/h1-3,6,11H,4-5,7-8,13H2. The fourth-order valence-electron chi connectivity index (χ4n) is 2.02. The second kappa shape index (κ2) is 4.94. The molecule has 1 fully saturated rings. The third kappa shape index (κ3) is 2.63. The number of nitrogens with two attached hydrogens (primary N) is 1. The first-order chi connectivity index (χ1) is 8.04. The molecular weight excluding hydrogens is 260 g/mol. The van der Waals surface area contributed by atoms with Crippen LogP contribution >= 0.6 is 11.6 Å². The van der Waals surface area contributed by atoms with Gasteiger partial charge in [-0.15, -0.1) is 0 Å². The molecule has 1 unspecified atom stereocenters. The molecule has 0 saturated carbocycles. The number of sulfonamides is 1. The maximum atomic E-state index is 12.0. The van der Waals surface area contributed by atoms with Crippen LogP contribution in [0, 0.1) is 0 Å². The zero-order chi connectivity index (χ0) is 12.5. The van der Waals surface area contributed by atoms with Crippen molar-refractivity contribution in [1.82, 2.24) is 4.31 Å². The van der Waals surface area contributed by atoms with Gasteiger partial charge in [-0.3, -0.25) is 0 Å². The van der Waals surface area contributed by atoms with Crippen molar-refractivity contribution in [2.75, 3.05) is 13.1 Å². The van der Waals surface area contributed by atoms with Gasteiger partial charge in [0, 0.05) is 24.7 Å². The lowest BCUT2D eigenvalue weighted by Gasteiger charge is -2.16. The van der Waals surface area contributed by atoms with E-state index < -0.39 is 15.3 Å². The van der Waals surface area contributed by atoms with Gasteiger partial charge in [0.05, 0.1) is 5.25 Å². The molecule has 0 radical (unpaired) electrons. The number of nitrogens with zero attached hydrogens (tertiary/aromatic N) is 1. The minimum absolute atomic E-state index is 0.189. The van der Waals surface area contributed by atoms with Gasteiger partial charge in [-0.2, -0.15) is 4.31 Å². The quantitative estimate of drug-likeness (QED) is 0.901. The highest BCUT2D eigenvalue weighted by Crippen LogP contribution is 2.24. The summed E-state index contributed by atoms with van der Waals surface area (Å²) in [5.41, 5.74) is 6.36. The van der Waals surface area contributed by atoms with Crippen LogP contribution in [-0.4, -0.2) is 31.1 Å². The van der Waals surface area contributed by atoms with Gasteiger partial charge in [0.2, 0.25) is 10.0 Å². The van der Waals surface area contributed by atoms with Crippen molar-refractivity contribution in [3.8, 4) is 0 Å².